The molecule has 0 spiro atoms. The minimum atomic E-state index is -3.56. The third-order valence-electron chi connectivity index (χ3n) is 3.55. The molecule has 0 fully saturated rings. The summed E-state index contributed by atoms with van der Waals surface area (Å²) in [6.07, 6.45) is 0. The van der Waals surface area contributed by atoms with Gasteiger partial charge >= 0.3 is 0 Å². The minimum absolute atomic E-state index is 0.303. The van der Waals surface area contributed by atoms with Gasteiger partial charge in [-0.25, -0.2) is 13.1 Å². The standard InChI is InChI=1S/C17H20BrNO2S/c1-11-8-12(2)17(13(3)9-11)22(20,21)19-14(4)15-6-5-7-16(18)10-15/h5-10,14,19H,1-4H3/t14-/m1/s1. The van der Waals surface area contributed by atoms with Crippen LogP contribution in [0.5, 0.6) is 0 Å². The Balaban J connectivity index is 2.36. The van der Waals surface area contributed by atoms with E-state index in [1.54, 1.807) is 0 Å². The van der Waals surface area contributed by atoms with Crippen LogP contribution >= 0.6 is 15.9 Å². The molecule has 0 radical (unpaired) electrons. The van der Waals surface area contributed by atoms with Gasteiger partial charge in [-0.15, -0.1) is 0 Å². The molecule has 0 aliphatic carbocycles. The predicted molar refractivity (Wildman–Crippen MR) is 93.5 cm³/mol. The Labute approximate surface area is 140 Å². The molecule has 0 amide bonds. The normalized spacial score (nSPS) is 13.1. The molecule has 0 unspecified atom stereocenters. The van der Waals surface area contributed by atoms with Crippen LogP contribution in [0.4, 0.5) is 0 Å². The van der Waals surface area contributed by atoms with Crippen molar-refractivity contribution in [2.24, 2.45) is 0 Å². The molecule has 0 aliphatic rings. The lowest BCUT2D eigenvalue weighted by atomic mass is 10.1. The maximum Gasteiger partial charge on any atom is 0.241 e. The summed E-state index contributed by atoms with van der Waals surface area (Å²) < 4.78 is 29.2. The van der Waals surface area contributed by atoms with Crippen molar-refractivity contribution in [3.63, 3.8) is 0 Å². The molecular formula is C17H20BrNO2S. The molecule has 118 valence electrons. The predicted octanol–water partition coefficient (Wildman–Crippen LogP) is 4.41. The van der Waals surface area contributed by atoms with Gasteiger partial charge in [-0.05, 0) is 56.5 Å². The number of hydrogen-bond acceptors (Lipinski definition) is 2. The summed E-state index contributed by atoms with van der Waals surface area (Å²) in [5, 5.41) is 0. The highest BCUT2D eigenvalue weighted by Gasteiger charge is 2.22. The number of rotatable bonds is 4. The van der Waals surface area contributed by atoms with E-state index in [9.17, 15) is 8.42 Å². The average molecular weight is 382 g/mol. The van der Waals surface area contributed by atoms with Crippen LogP contribution < -0.4 is 4.72 Å². The van der Waals surface area contributed by atoms with Crippen molar-refractivity contribution in [3.8, 4) is 0 Å². The number of nitrogens with one attached hydrogen (secondary N) is 1. The molecule has 0 saturated heterocycles. The zero-order valence-electron chi connectivity index (χ0n) is 13.1. The van der Waals surface area contributed by atoms with Gasteiger partial charge in [0.05, 0.1) is 4.90 Å². The van der Waals surface area contributed by atoms with Crippen molar-refractivity contribution in [3.05, 3.63) is 63.1 Å². The number of benzene rings is 2. The van der Waals surface area contributed by atoms with Gasteiger partial charge in [-0.3, -0.25) is 0 Å². The second kappa shape index (κ2) is 6.52. The van der Waals surface area contributed by atoms with E-state index in [2.05, 4.69) is 20.7 Å². The Kier molecular flexibility index (Phi) is 5.10. The van der Waals surface area contributed by atoms with Crippen molar-refractivity contribution in [2.75, 3.05) is 0 Å². The average Bonchev–Trinajstić information content (AvgIpc) is 2.36. The maximum absolute atomic E-state index is 12.7. The molecular weight excluding hydrogens is 362 g/mol. The van der Waals surface area contributed by atoms with Crippen molar-refractivity contribution >= 4 is 26.0 Å². The van der Waals surface area contributed by atoms with Crippen molar-refractivity contribution < 1.29 is 8.42 Å². The molecule has 0 aliphatic heterocycles. The summed E-state index contributed by atoms with van der Waals surface area (Å²) in [7, 11) is -3.56. The van der Waals surface area contributed by atoms with Crippen molar-refractivity contribution in [1.29, 1.82) is 0 Å². The molecule has 2 aromatic carbocycles. The fourth-order valence-electron chi connectivity index (χ4n) is 2.73. The second-order valence-electron chi connectivity index (χ2n) is 5.63. The maximum atomic E-state index is 12.7. The fourth-order valence-corrected chi connectivity index (χ4v) is 4.83. The van der Waals surface area contributed by atoms with Crippen LogP contribution in [0, 0.1) is 20.8 Å². The van der Waals surface area contributed by atoms with Gasteiger partial charge in [-0.1, -0.05) is 45.8 Å². The summed E-state index contributed by atoms with van der Waals surface area (Å²) in [5.74, 6) is 0. The number of aryl methyl sites for hydroxylation is 3. The van der Waals surface area contributed by atoms with Crippen LogP contribution in [0.1, 0.15) is 35.2 Å². The van der Waals surface area contributed by atoms with Gasteiger partial charge in [0.2, 0.25) is 10.0 Å². The molecule has 1 N–H and O–H groups in total. The molecule has 3 nitrogen and oxygen atoms in total. The second-order valence-corrected chi connectivity index (χ2v) is 8.19. The van der Waals surface area contributed by atoms with Crippen LogP contribution in [0.25, 0.3) is 0 Å². The zero-order valence-corrected chi connectivity index (χ0v) is 15.5. The smallest absolute Gasteiger partial charge is 0.207 e. The minimum Gasteiger partial charge on any atom is -0.207 e. The first-order valence-corrected chi connectivity index (χ1v) is 9.34. The monoisotopic (exact) mass is 381 g/mol. The highest BCUT2D eigenvalue weighted by molar-refractivity contribution is 9.10. The van der Waals surface area contributed by atoms with Gasteiger partial charge in [0.25, 0.3) is 0 Å². The van der Waals surface area contributed by atoms with Crippen LogP contribution in [0.2, 0.25) is 0 Å². The van der Waals surface area contributed by atoms with Crippen LogP contribution in [-0.2, 0) is 10.0 Å². The third kappa shape index (κ3) is 3.77. The molecule has 2 aromatic rings. The molecule has 0 bridgehead atoms. The van der Waals surface area contributed by atoms with Gasteiger partial charge in [-0.2, -0.15) is 0 Å². The third-order valence-corrected chi connectivity index (χ3v) is 5.89. The van der Waals surface area contributed by atoms with E-state index in [1.165, 1.54) is 0 Å². The largest absolute Gasteiger partial charge is 0.241 e. The molecule has 2 rings (SSSR count). The lowest BCUT2D eigenvalue weighted by Gasteiger charge is -2.18. The van der Waals surface area contributed by atoms with Gasteiger partial charge in [0, 0.05) is 10.5 Å². The van der Waals surface area contributed by atoms with Crippen LogP contribution in [0.3, 0.4) is 0 Å². The van der Waals surface area contributed by atoms with E-state index in [0.29, 0.717) is 4.90 Å². The van der Waals surface area contributed by atoms with Gasteiger partial charge in [0.15, 0.2) is 0 Å². The Morgan fingerprint density at radius 1 is 1.05 bits per heavy atom. The molecule has 5 heteroatoms. The summed E-state index contributed by atoms with van der Waals surface area (Å²) >= 11 is 3.41. The zero-order chi connectivity index (χ0) is 16.5. The van der Waals surface area contributed by atoms with Gasteiger partial charge < -0.3 is 0 Å². The molecule has 22 heavy (non-hydrogen) atoms. The van der Waals surface area contributed by atoms with E-state index in [4.69, 9.17) is 0 Å². The molecule has 0 aromatic heterocycles. The Bertz CT molecular complexity index is 777. The van der Waals surface area contributed by atoms with Gasteiger partial charge in [0.1, 0.15) is 0 Å². The summed E-state index contributed by atoms with van der Waals surface area (Å²) in [6.45, 7) is 7.47. The summed E-state index contributed by atoms with van der Waals surface area (Å²) in [4.78, 5) is 0.375. The Hall–Kier alpha value is -1.17. The quantitative estimate of drug-likeness (QED) is 0.851. The van der Waals surface area contributed by atoms with E-state index >= 15 is 0 Å². The SMILES string of the molecule is Cc1cc(C)c(S(=O)(=O)N[C@H](C)c2cccc(Br)c2)c(C)c1. The topological polar surface area (TPSA) is 46.2 Å². The Morgan fingerprint density at radius 2 is 1.64 bits per heavy atom. The molecule has 1 atom stereocenters. The fraction of sp³-hybridized carbons (Fsp3) is 0.294. The van der Waals surface area contributed by atoms with Crippen LogP contribution in [-0.4, -0.2) is 8.42 Å². The van der Waals surface area contributed by atoms with Crippen LogP contribution in [0.15, 0.2) is 45.8 Å². The summed E-state index contributed by atoms with van der Waals surface area (Å²) in [6, 6.07) is 11.1. The highest BCUT2D eigenvalue weighted by atomic mass is 79.9. The molecule has 0 saturated carbocycles. The van der Waals surface area contributed by atoms with E-state index in [0.717, 1.165) is 26.7 Å². The van der Waals surface area contributed by atoms with E-state index in [-0.39, 0.29) is 6.04 Å². The first-order valence-electron chi connectivity index (χ1n) is 7.06. The number of hydrogen-bond donors (Lipinski definition) is 1. The lowest BCUT2D eigenvalue weighted by molar-refractivity contribution is 0.565. The molecule has 0 heterocycles. The number of halogens is 1. The first-order chi connectivity index (χ1) is 10.2. The van der Waals surface area contributed by atoms with Crippen molar-refractivity contribution in [2.45, 2.75) is 38.6 Å². The lowest BCUT2D eigenvalue weighted by Crippen LogP contribution is -2.28. The van der Waals surface area contributed by atoms with E-state index < -0.39 is 10.0 Å². The van der Waals surface area contributed by atoms with Crippen molar-refractivity contribution in [1.82, 2.24) is 4.72 Å². The first kappa shape index (κ1) is 17.2. The van der Waals surface area contributed by atoms with E-state index in [1.807, 2.05) is 64.1 Å². The number of sulfonamides is 1. The Morgan fingerprint density at radius 3 is 2.18 bits per heavy atom. The summed E-state index contributed by atoms with van der Waals surface area (Å²) in [5.41, 5.74) is 3.52. The highest BCUT2D eigenvalue weighted by Crippen LogP contribution is 2.25.